The fraction of sp³-hybridized carbons (Fsp3) is 0.222. The zero-order valence-electron chi connectivity index (χ0n) is 19.8. The van der Waals surface area contributed by atoms with Crippen LogP contribution in [0.2, 0.25) is 0 Å². The van der Waals surface area contributed by atoms with Crippen molar-refractivity contribution in [3.8, 4) is 17.2 Å². The molecule has 0 fully saturated rings. The molecule has 3 aromatic rings. The molecule has 0 amide bonds. The lowest BCUT2D eigenvalue weighted by Crippen LogP contribution is -2.27. The van der Waals surface area contributed by atoms with Crippen LogP contribution in [0.15, 0.2) is 71.9 Å². The monoisotopic (exact) mass is 487 g/mol. The van der Waals surface area contributed by atoms with Gasteiger partial charge in [0.05, 0.1) is 36.6 Å². The minimum absolute atomic E-state index is 0.0360. The number of para-hydroxylation sites is 2. The summed E-state index contributed by atoms with van der Waals surface area (Å²) >= 11 is 0. The van der Waals surface area contributed by atoms with Crippen molar-refractivity contribution < 1.29 is 24.3 Å². The summed E-state index contributed by atoms with van der Waals surface area (Å²) in [5.41, 5.74) is 3.75. The van der Waals surface area contributed by atoms with Crippen molar-refractivity contribution in [3.05, 3.63) is 93.2 Å². The maximum atomic E-state index is 13.7. The molecule has 2 atom stereocenters. The van der Waals surface area contributed by atoms with Gasteiger partial charge in [-0.15, -0.1) is 0 Å². The number of nitro benzene ring substituents is 1. The first-order chi connectivity index (χ1) is 17.4. The molecule has 0 bridgehead atoms. The lowest BCUT2D eigenvalue weighted by atomic mass is 9.78. The minimum atomic E-state index is -0.692. The number of phenols is 1. The van der Waals surface area contributed by atoms with Crippen LogP contribution in [0.5, 0.6) is 17.2 Å². The molecule has 0 radical (unpaired) electrons. The molecule has 1 aliphatic carbocycles. The van der Waals surface area contributed by atoms with Crippen molar-refractivity contribution in [1.29, 1.82) is 0 Å². The largest absolute Gasteiger partial charge is 0.500 e. The number of nitrogens with zero attached hydrogens (tertiary/aromatic N) is 1. The molecule has 9 nitrogen and oxygen atoms in total. The van der Waals surface area contributed by atoms with Gasteiger partial charge in [0.2, 0.25) is 5.75 Å². The van der Waals surface area contributed by atoms with Gasteiger partial charge in [0.15, 0.2) is 11.5 Å². The highest BCUT2D eigenvalue weighted by Crippen LogP contribution is 2.47. The molecule has 0 saturated heterocycles. The van der Waals surface area contributed by atoms with Crippen molar-refractivity contribution in [2.24, 2.45) is 0 Å². The second-order valence-electron chi connectivity index (χ2n) is 8.79. The van der Waals surface area contributed by atoms with Crippen molar-refractivity contribution >= 4 is 22.8 Å². The number of nitro groups is 1. The van der Waals surface area contributed by atoms with Gasteiger partial charge < -0.3 is 25.2 Å². The van der Waals surface area contributed by atoms with Gasteiger partial charge in [-0.3, -0.25) is 14.9 Å². The van der Waals surface area contributed by atoms with Gasteiger partial charge in [0.25, 0.3) is 0 Å². The third-order valence-corrected chi connectivity index (χ3v) is 6.70. The highest BCUT2D eigenvalue weighted by molar-refractivity contribution is 6.01. The van der Waals surface area contributed by atoms with Crippen LogP contribution in [0.3, 0.4) is 0 Å². The van der Waals surface area contributed by atoms with Gasteiger partial charge in [-0.1, -0.05) is 24.3 Å². The fourth-order valence-corrected chi connectivity index (χ4v) is 4.95. The van der Waals surface area contributed by atoms with Crippen molar-refractivity contribution in [2.75, 3.05) is 24.9 Å². The van der Waals surface area contributed by atoms with Crippen LogP contribution in [-0.2, 0) is 4.79 Å². The van der Waals surface area contributed by atoms with E-state index in [2.05, 4.69) is 10.6 Å². The third-order valence-electron chi connectivity index (χ3n) is 6.70. The number of Topliss-reactive ketones (excluding diaryl/α,β-unsaturated/α-hetero) is 1. The van der Waals surface area contributed by atoms with E-state index in [1.165, 1.54) is 19.2 Å². The molecule has 2 aliphatic rings. The summed E-state index contributed by atoms with van der Waals surface area (Å²) in [6.45, 7) is 0. The Hall–Kier alpha value is -4.53. The van der Waals surface area contributed by atoms with E-state index in [0.29, 0.717) is 17.6 Å². The highest BCUT2D eigenvalue weighted by Gasteiger charge is 2.37. The summed E-state index contributed by atoms with van der Waals surface area (Å²) in [5.74, 6) is -0.00113. The van der Waals surface area contributed by atoms with Crippen molar-refractivity contribution in [1.82, 2.24) is 0 Å². The number of hydrogen-bond acceptors (Lipinski definition) is 8. The van der Waals surface area contributed by atoms with E-state index >= 15 is 0 Å². The van der Waals surface area contributed by atoms with E-state index in [-0.39, 0.29) is 23.9 Å². The van der Waals surface area contributed by atoms with Gasteiger partial charge in [0, 0.05) is 23.8 Å². The Balaban J connectivity index is 1.65. The minimum Gasteiger partial charge on any atom is -0.500 e. The molecule has 9 heteroatoms. The van der Waals surface area contributed by atoms with E-state index in [1.54, 1.807) is 7.11 Å². The molecule has 0 saturated carbocycles. The average molecular weight is 488 g/mol. The first-order valence-corrected chi connectivity index (χ1v) is 11.5. The maximum absolute atomic E-state index is 13.7. The van der Waals surface area contributed by atoms with Gasteiger partial charge >= 0.3 is 5.69 Å². The van der Waals surface area contributed by atoms with Gasteiger partial charge in [-0.2, -0.15) is 0 Å². The van der Waals surface area contributed by atoms with Crippen LogP contribution < -0.4 is 20.1 Å². The van der Waals surface area contributed by atoms with Gasteiger partial charge in [0.1, 0.15) is 5.75 Å². The molecule has 184 valence electrons. The number of nitrogens with one attached hydrogen (secondary N) is 2. The molecule has 1 heterocycles. The summed E-state index contributed by atoms with van der Waals surface area (Å²) in [6.07, 6.45) is 0.845. The number of ketones is 1. The SMILES string of the molecule is COc1cccc(C2CC(=O)C3=C(C2)Nc2ccccc2NC3c2cc(OC)c(O)c([N+](=O)[O-])c2)c1. The zero-order chi connectivity index (χ0) is 25.4. The van der Waals surface area contributed by atoms with E-state index in [0.717, 1.165) is 28.4 Å². The number of aromatic hydroxyl groups is 1. The molecule has 0 spiro atoms. The molecule has 36 heavy (non-hydrogen) atoms. The van der Waals surface area contributed by atoms with Crippen LogP contribution in [0.25, 0.3) is 0 Å². The number of fused-ring (bicyclic) bond motifs is 1. The third kappa shape index (κ3) is 4.08. The first-order valence-electron chi connectivity index (χ1n) is 11.5. The van der Waals surface area contributed by atoms with Crippen molar-refractivity contribution in [3.63, 3.8) is 0 Å². The normalized spacial score (nSPS) is 18.8. The summed E-state index contributed by atoms with van der Waals surface area (Å²) in [4.78, 5) is 24.7. The van der Waals surface area contributed by atoms with Crippen LogP contribution in [0.4, 0.5) is 17.1 Å². The Morgan fingerprint density at radius 2 is 1.75 bits per heavy atom. The number of phenolic OH excluding ortho intramolecular Hbond substituents is 1. The molecule has 3 aromatic carbocycles. The second kappa shape index (κ2) is 9.26. The summed E-state index contributed by atoms with van der Waals surface area (Å²) in [5, 5.41) is 28.8. The Morgan fingerprint density at radius 1 is 0.972 bits per heavy atom. The average Bonchev–Trinajstić information content (AvgIpc) is 3.05. The lowest BCUT2D eigenvalue weighted by Gasteiger charge is -2.30. The zero-order valence-corrected chi connectivity index (χ0v) is 19.8. The smallest absolute Gasteiger partial charge is 0.315 e. The summed E-state index contributed by atoms with van der Waals surface area (Å²) in [7, 11) is 2.94. The highest BCUT2D eigenvalue weighted by atomic mass is 16.6. The number of carbonyl (C=O) groups excluding carboxylic acids is 1. The predicted molar refractivity (Wildman–Crippen MR) is 135 cm³/mol. The van der Waals surface area contributed by atoms with Crippen LogP contribution >= 0.6 is 0 Å². The van der Waals surface area contributed by atoms with Crippen molar-refractivity contribution in [2.45, 2.75) is 24.8 Å². The van der Waals surface area contributed by atoms with Crippen LogP contribution in [-0.4, -0.2) is 30.0 Å². The molecule has 0 aromatic heterocycles. The number of hydrogen-bond donors (Lipinski definition) is 3. The maximum Gasteiger partial charge on any atom is 0.315 e. The van der Waals surface area contributed by atoms with E-state index in [1.807, 2.05) is 48.5 Å². The number of ether oxygens (including phenoxy) is 2. The Kier molecular flexibility index (Phi) is 5.97. The molecule has 3 N–H and O–H groups in total. The molecular weight excluding hydrogens is 462 g/mol. The van der Waals surface area contributed by atoms with Crippen LogP contribution in [0, 0.1) is 10.1 Å². The van der Waals surface area contributed by atoms with E-state index in [9.17, 15) is 20.0 Å². The molecule has 2 unspecified atom stereocenters. The summed E-state index contributed by atoms with van der Waals surface area (Å²) in [6, 6.07) is 17.4. The lowest BCUT2D eigenvalue weighted by molar-refractivity contribution is -0.386. The second-order valence-corrected chi connectivity index (χ2v) is 8.79. The fourth-order valence-electron chi connectivity index (χ4n) is 4.95. The molecule has 1 aliphatic heterocycles. The number of rotatable bonds is 5. The number of carbonyl (C=O) groups is 1. The Morgan fingerprint density at radius 3 is 2.47 bits per heavy atom. The van der Waals surface area contributed by atoms with Gasteiger partial charge in [-0.25, -0.2) is 0 Å². The van der Waals surface area contributed by atoms with Crippen LogP contribution in [0.1, 0.15) is 35.9 Å². The number of anilines is 2. The first kappa shape index (κ1) is 23.2. The Bertz CT molecular complexity index is 1400. The topological polar surface area (TPSA) is 123 Å². The standard InChI is InChI=1S/C27H25N3O6/c1-35-18-7-5-6-15(10-18)16-11-21-25(23(31)13-16)26(29-20-9-4-3-8-19(20)28-21)17-12-22(30(33)34)27(32)24(14-17)36-2/h3-10,12,14,16,26,28-29,32H,11,13H2,1-2H3. The quantitative estimate of drug-likeness (QED) is 0.327. The Labute approximate surface area is 207 Å². The molecular formula is C27H25N3O6. The number of allylic oxidation sites excluding steroid dienone is 1. The molecule has 5 rings (SSSR count). The number of benzene rings is 3. The predicted octanol–water partition coefficient (Wildman–Crippen LogP) is 5.30. The van der Waals surface area contributed by atoms with Gasteiger partial charge in [-0.05, 0) is 53.8 Å². The number of methoxy groups -OCH3 is 2. The van der Waals surface area contributed by atoms with E-state index in [4.69, 9.17) is 9.47 Å². The summed E-state index contributed by atoms with van der Waals surface area (Å²) < 4.78 is 10.6. The van der Waals surface area contributed by atoms with E-state index < -0.39 is 22.4 Å².